The highest BCUT2D eigenvalue weighted by Gasteiger charge is 2.39. The molecular formula is C18H27NO. The Morgan fingerprint density at radius 2 is 1.80 bits per heavy atom. The van der Waals surface area contributed by atoms with Crippen LogP contribution in [0, 0.1) is 11.8 Å². The first kappa shape index (κ1) is 14.1. The molecule has 1 aromatic carbocycles. The number of aliphatic hydroxyl groups excluding tert-OH is 1. The molecule has 2 fully saturated rings. The lowest BCUT2D eigenvalue weighted by atomic mass is 9.95. The summed E-state index contributed by atoms with van der Waals surface area (Å²) in [6.07, 6.45) is 5.18. The molecule has 0 saturated heterocycles. The van der Waals surface area contributed by atoms with E-state index in [2.05, 4.69) is 43.4 Å². The van der Waals surface area contributed by atoms with Crippen molar-refractivity contribution in [2.45, 2.75) is 57.6 Å². The molecule has 0 aliphatic heterocycles. The first-order valence-corrected chi connectivity index (χ1v) is 8.14. The third-order valence-corrected chi connectivity index (χ3v) is 5.30. The quantitative estimate of drug-likeness (QED) is 0.859. The SMILES string of the molecule is CC(C)c1ccc(C(O)CNC2CC3CCC2C3)cc1. The molecule has 4 atom stereocenters. The molecule has 1 aromatic rings. The first-order chi connectivity index (χ1) is 9.63. The van der Waals surface area contributed by atoms with E-state index in [4.69, 9.17) is 0 Å². The molecule has 0 amide bonds. The van der Waals surface area contributed by atoms with Crippen LogP contribution in [0.5, 0.6) is 0 Å². The monoisotopic (exact) mass is 273 g/mol. The van der Waals surface area contributed by atoms with Crippen LogP contribution in [0.3, 0.4) is 0 Å². The van der Waals surface area contributed by atoms with Gasteiger partial charge in [-0.2, -0.15) is 0 Å². The third-order valence-electron chi connectivity index (χ3n) is 5.30. The van der Waals surface area contributed by atoms with Gasteiger partial charge in [-0.3, -0.25) is 0 Å². The Morgan fingerprint density at radius 3 is 2.35 bits per heavy atom. The van der Waals surface area contributed by atoms with Crippen LogP contribution < -0.4 is 5.32 Å². The molecule has 2 nitrogen and oxygen atoms in total. The number of fused-ring (bicyclic) bond motifs is 2. The van der Waals surface area contributed by atoms with Crippen molar-refractivity contribution in [2.24, 2.45) is 11.8 Å². The molecule has 2 saturated carbocycles. The van der Waals surface area contributed by atoms with E-state index >= 15 is 0 Å². The maximum atomic E-state index is 10.3. The van der Waals surface area contributed by atoms with E-state index in [-0.39, 0.29) is 6.10 Å². The number of rotatable bonds is 5. The van der Waals surface area contributed by atoms with Gasteiger partial charge in [0.05, 0.1) is 6.10 Å². The lowest BCUT2D eigenvalue weighted by Crippen LogP contribution is -2.36. The molecule has 0 spiro atoms. The van der Waals surface area contributed by atoms with Gasteiger partial charge in [0.1, 0.15) is 0 Å². The Bertz CT molecular complexity index is 439. The zero-order valence-electron chi connectivity index (χ0n) is 12.7. The zero-order valence-corrected chi connectivity index (χ0v) is 12.7. The van der Waals surface area contributed by atoms with Crippen molar-refractivity contribution in [3.63, 3.8) is 0 Å². The zero-order chi connectivity index (χ0) is 14.1. The number of aliphatic hydroxyl groups is 1. The number of hydrogen-bond donors (Lipinski definition) is 2. The lowest BCUT2D eigenvalue weighted by Gasteiger charge is -2.24. The van der Waals surface area contributed by atoms with Crippen LogP contribution >= 0.6 is 0 Å². The minimum absolute atomic E-state index is 0.379. The molecule has 110 valence electrons. The maximum Gasteiger partial charge on any atom is 0.0914 e. The first-order valence-electron chi connectivity index (χ1n) is 8.14. The predicted octanol–water partition coefficient (Wildman–Crippen LogP) is 3.62. The van der Waals surface area contributed by atoms with Crippen molar-refractivity contribution < 1.29 is 5.11 Å². The molecule has 2 aliphatic carbocycles. The molecule has 2 bridgehead atoms. The minimum atomic E-state index is -0.379. The fourth-order valence-corrected chi connectivity index (χ4v) is 3.98. The third kappa shape index (κ3) is 2.91. The van der Waals surface area contributed by atoms with Gasteiger partial charge in [0, 0.05) is 12.6 Å². The summed E-state index contributed by atoms with van der Waals surface area (Å²) < 4.78 is 0. The van der Waals surface area contributed by atoms with Crippen LogP contribution in [0.2, 0.25) is 0 Å². The number of hydrogen-bond acceptors (Lipinski definition) is 2. The normalized spacial score (nSPS) is 30.1. The Labute approximate surface area is 122 Å². The van der Waals surface area contributed by atoms with Gasteiger partial charge < -0.3 is 10.4 Å². The van der Waals surface area contributed by atoms with Crippen LogP contribution in [0.25, 0.3) is 0 Å². The largest absolute Gasteiger partial charge is 0.387 e. The van der Waals surface area contributed by atoms with Gasteiger partial charge in [-0.15, -0.1) is 0 Å². The molecule has 0 aromatic heterocycles. The summed E-state index contributed by atoms with van der Waals surface area (Å²) >= 11 is 0. The van der Waals surface area contributed by atoms with E-state index in [1.165, 1.54) is 31.2 Å². The summed E-state index contributed by atoms with van der Waals surface area (Å²) in [4.78, 5) is 0. The number of benzene rings is 1. The highest BCUT2D eigenvalue weighted by atomic mass is 16.3. The summed E-state index contributed by atoms with van der Waals surface area (Å²) in [5.41, 5.74) is 2.37. The Balaban J connectivity index is 1.52. The fourth-order valence-electron chi connectivity index (χ4n) is 3.98. The van der Waals surface area contributed by atoms with E-state index in [0.29, 0.717) is 18.5 Å². The van der Waals surface area contributed by atoms with Crippen LogP contribution in [-0.2, 0) is 0 Å². The second-order valence-electron chi connectivity index (χ2n) is 7.03. The lowest BCUT2D eigenvalue weighted by molar-refractivity contribution is 0.163. The van der Waals surface area contributed by atoms with Gasteiger partial charge in [0.25, 0.3) is 0 Å². The van der Waals surface area contributed by atoms with Gasteiger partial charge in [-0.1, -0.05) is 44.5 Å². The predicted molar refractivity (Wildman–Crippen MR) is 82.7 cm³/mol. The van der Waals surface area contributed by atoms with Crippen molar-refractivity contribution in [1.29, 1.82) is 0 Å². The molecule has 2 heteroatoms. The molecule has 3 rings (SSSR count). The summed E-state index contributed by atoms with van der Waals surface area (Å²) in [6, 6.07) is 9.07. The minimum Gasteiger partial charge on any atom is -0.387 e. The summed E-state index contributed by atoms with van der Waals surface area (Å²) in [5, 5.41) is 13.9. The molecule has 0 heterocycles. The fraction of sp³-hybridized carbons (Fsp3) is 0.667. The van der Waals surface area contributed by atoms with Gasteiger partial charge in [-0.05, 0) is 48.1 Å². The molecule has 4 unspecified atom stereocenters. The topological polar surface area (TPSA) is 32.3 Å². The molecule has 0 radical (unpaired) electrons. The van der Waals surface area contributed by atoms with Gasteiger partial charge in [-0.25, -0.2) is 0 Å². The summed E-state index contributed by atoms with van der Waals surface area (Å²) in [6.45, 7) is 5.08. The van der Waals surface area contributed by atoms with Crippen molar-refractivity contribution >= 4 is 0 Å². The Morgan fingerprint density at radius 1 is 1.10 bits per heavy atom. The van der Waals surface area contributed by atoms with Gasteiger partial charge >= 0.3 is 0 Å². The highest BCUT2D eigenvalue weighted by molar-refractivity contribution is 5.26. The van der Waals surface area contributed by atoms with Crippen LogP contribution in [-0.4, -0.2) is 17.7 Å². The number of nitrogens with one attached hydrogen (secondary N) is 1. The van der Waals surface area contributed by atoms with E-state index < -0.39 is 0 Å². The second-order valence-corrected chi connectivity index (χ2v) is 7.03. The summed E-state index contributed by atoms with van der Waals surface area (Å²) in [7, 11) is 0. The van der Waals surface area contributed by atoms with E-state index in [1.807, 2.05) is 0 Å². The van der Waals surface area contributed by atoms with Crippen LogP contribution in [0.1, 0.15) is 62.7 Å². The van der Waals surface area contributed by atoms with E-state index in [0.717, 1.165) is 17.4 Å². The van der Waals surface area contributed by atoms with Crippen molar-refractivity contribution in [3.05, 3.63) is 35.4 Å². The Hall–Kier alpha value is -0.860. The molecule has 2 aliphatic rings. The van der Waals surface area contributed by atoms with Gasteiger partial charge in [0.15, 0.2) is 0 Å². The molecule has 20 heavy (non-hydrogen) atoms. The summed E-state index contributed by atoms with van der Waals surface area (Å²) in [5.74, 6) is 2.38. The average Bonchev–Trinajstić information content (AvgIpc) is 3.07. The van der Waals surface area contributed by atoms with E-state index in [9.17, 15) is 5.11 Å². The van der Waals surface area contributed by atoms with Crippen molar-refractivity contribution in [1.82, 2.24) is 5.32 Å². The van der Waals surface area contributed by atoms with Crippen LogP contribution in [0.15, 0.2) is 24.3 Å². The van der Waals surface area contributed by atoms with Crippen molar-refractivity contribution in [2.75, 3.05) is 6.54 Å². The second kappa shape index (κ2) is 5.87. The van der Waals surface area contributed by atoms with E-state index in [1.54, 1.807) is 0 Å². The van der Waals surface area contributed by atoms with Gasteiger partial charge in [0.2, 0.25) is 0 Å². The maximum absolute atomic E-state index is 10.3. The molecular weight excluding hydrogens is 246 g/mol. The van der Waals surface area contributed by atoms with Crippen LogP contribution in [0.4, 0.5) is 0 Å². The molecule has 2 N–H and O–H groups in total. The van der Waals surface area contributed by atoms with Crippen molar-refractivity contribution in [3.8, 4) is 0 Å². The average molecular weight is 273 g/mol. The highest BCUT2D eigenvalue weighted by Crippen LogP contribution is 2.44. The smallest absolute Gasteiger partial charge is 0.0914 e. The Kier molecular flexibility index (Phi) is 4.13. The standard InChI is InChI=1S/C18H27NO/c1-12(2)14-5-7-15(8-6-14)18(20)11-19-17-10-13-3-4-16(17)9-13/h5-8,12-13,16-20H,3-4,9-11H2,1-2H3.